The molecule has 1 aromatic heterocycles. The Morgan fingerprint density at radius 1 is 1.03 bits per heavy atom. The summed E-state index contributed by atoms with van der Waals surface area (Å²) in [6.07, 6.45) is 0. The molecule has 0 aliphatic heterocycles. The van der Waals surface area contributed by atoms with Gasteiger partial charge in [0.05, 0.1) is 10.5 Å². The highest BCUT2D eigenvalue weighted by Crippen LogP contribution is 2.22. The zero-order chi connectivity index (χ0) is 22.8. The number of nitrogens with zero attached hydrogens (tertiary/aromatic N) is 1. The van der Waals surface area contributed by atoms with Gasteiger partial charge in [0.25, 0.3) is 0 Å². The molecule has 0 spiro atoms. The summed E-state index contributed by atoms with van der Waals surface area (Å²) in [4.78, 5) is 24.7. The van der Waals surface area contributed by atoms with Crippen LogP contribution in [-0.2, 0) is 21.4 Å². The highest BCUT2D eigenvalue weighted by Gasteiger charge is 2.24. The molecular formula is C23H25NO6S. The Bertz CT molecular complexity index is 1290. The summed E-state index contributed by atoms with van der Waals surface area (Å²) in [5, 5.41) is 0.674. The van der Waals surface area contributed by atoms with E-state index in [0.29, 0.717) is 35.2 Å². The van der Waals surface area contributed by atoms with Crippen molar-refractivity contribution in [2.24, 2.45) is 0 Å². The number of carbonyl (C=O) groups excluding carboxylic acids is 1. The smallest absolute Gasteiger partial charge is 0.338 e. The van der Waals surface area contributed by atoms with Crippen molar-refractivity contribution in [1.29, 1.82) is 0 Å². The average molecular weight is 444 g/mol. The molecule has 7 nitrogen and oxygen atoms in total. The fraction of sp³-hybridized carbons (Fsp3) is 0.304. The van der Waals surface area contributed by atoms with Gasteiger partial charge >= 0.3 is 11.6 Å². The minimum absolute atomic E-state index is 0.0371. The van der Waals surface area contributed by atoms with Gasteiger partial charge in [0.2, 0.25) is 10.0 Å². The number of carbonyl (C=O) groups is 1. The molecule has 0 atom stereocenters. The zero-order valence-corrected chi connectivity index (χ0v) is 18.8. The molecule has 0 radical (unpaired) electrons. The van der Waals surface area contributed by atoms with E-state index in [9.17, 15) is 18.0 Å². The van der Waals surface area contributed by atoms with Crippen LogP contribution in [0.5, 0.6) is 0 Å². The lowest BCUT2D eigenvalue weighted by Gasteiger charge is -2.19. The van der Waals surface area contributed by atoms with Crippen LogP contribution in [0.15, 0.2) is 56.6 Å². The van der Waals surface area contributed by atoms with Crippen LogP contribution in [0.25, 0.3) is 11.0 Å². The van der Waals surface area contributed by atoms with E-state index in [1.54, 1.807) is 39.0 Å². The van der Waals surface area contributed by atoms with Crippen LogP contribution >= 0.6 is 0 Å². The van der Waals surface area contributed by atoms with E-state index in [4.69, 9.17) is 9.15 Å². The topological polar surface area (TPSA) is 93.9 Å². The minimum Gasteiger partial charge on any atom is -0.457 e. The third kappa shape index (κ3) is 4.70. The maximum absolute atomic E-state index is 12.8. The number of fused-ring (bicyclic) bond motifs is 1. The molecule has 1 heterocycles. The Labute approximate surface area is 181 Å². The van der Waals surface area contributed by atoms with Gasteiger partial charge < -0.3 is 9.15 Å². The lowest BCUT2D eigenvalue weighted by atomic mass is 10.1. The van der Waals surface area contributed by atoms with Gasteiger partial charge in [-0.2, -0.15) is 4.31 Å². The second-order valence-electron chi connectivity index (χ2n) is 7.23. The van der Waals surface area contributed by atoms with Crippen LogP contribution in [-0.4, -0.2) is 31.8 Å². The summed E-state index contributed by atoms with van der Waals surface area (Å²) < 4.78 is 37.6. The number of benzene rings is 2. The molecule has 8 heteroatoms. The summed E-state index contributed by atoms with van der Waals surface area (Å²) in [6.45, 7) is 7.62. The number of ether oxygens (including phenoxy) is 1. The van der Waals surface area contributed by atoms with Crippen LogP contribution in [0.3, 0.4) is 0 Å². The summed E-state index contributed by atoms with van der Waals surface area (Å²) in [7, 11) is -3.71. The molecule has 164 valence electrons. The van der Waals surface area contributed by atoms with Crippen molar-refractivity contribution in [2.45, 2.75) is 39.2 Å². The number of hydrogen-bond acceptors (Lipinski definition) is 6. The van der Waals surface area contributed by atoms with Gasteiger partial charge in [-0.1, -0.05) is 32.0 Å². The van der Waals surface area contributed by atoms with Crippen LogP contribution in [0, 0.1) is 13.8 Å². The molecule has 0 bridgehead atoms. The number of aryl methyl sites for hydroxylation is 2. The number of hydrogen-bond donors (Lipinski definition) is 0. The van der Waals surface area contributed by atoms with E-state index in [1.165, 1.54) is 22.5 Å². The molecule has 0 aliphatic rings. The second-order valence-corrected chi connectivity index (χ2v) is 9.17. The summed E-state index contributed by atoms with van der Waals surface area (Å²) in [5.74, 6) is -0.664. The van der Waals surface area contributed by atoms with Crippen LogP contribution in [0.2, 0.25) is 0 Å². The first kappa shape index (κ1) is 22.7. The van der Waals surface area contributed by atoms with E-state index >= 15 is 0 Å². The summed E-state index contributed by atoms with van der Waals surface area (Å²) >= 11 is 0. The summed E-state index contributed by atoms with van der Waals surface area (Å²) in [6, 6.07) is 11.1. The molecule has 0 aliphatic carbocycles. The standard InChI is InChI=1S/C23H25NO6S/c1-5-24(6-2)31(27,28)18-9-8-16(4)20(13-18)23(26)29-14-17-12-22(25)30-21-11-15(3)7-10-19(17)21/h7-13H,5-6,14H2,1-4H3. The normalized spacial score (nSPS) is 11.8. The Balaban J connectivity index is 1.90. The van der Waals surface area contributed by atoms with E-state index in [0.717, 1.165) is 5.56 Å². The molecule has 0 saturated carbocycles. The molecular weight excluding hydrogens is 418 g/mol. The first-order chi connectivity index (χ1) is 14.7. The van der Waals surface area contributed by atoms with Gasteiger partial charge in [-0.25, -0.2) is 18.0 Å². The quantitative estimate of drug-likeness (QED) is 0.407. The Morgan fingerprint density at radius 3 is 2.42 bits per heavy atom. The van der Waals surface area contributed by atoms with Crippen molar-refractivity contribution in [2.75, 3.05) is 13.1 Å². The third-order valence-corrected chi connectivity index (χ3v) is 7.16. The lowest BCUT2D eigenvalue weighted by molar-refractivity contribution is 0.0472. The maximum atomic E-state index is 12.8. The van der Waals surface area contributed by atoms with Crippen molar-refractivity contribution in [3.63, 3.8) is 0 Å². The van der Waals surface area contributed by atoms with Crippen molar-refractivity contribution in [3.05, 3.63) is 75.1 Å². The number of esters is 1. The van der Waals surface area contributed by atoms with Gasteiger partial charge in [0.1, 0.15) is 12.2 Å². The van der Waals surface area contributed by atoms with Gasteiger partial charge in [0, 0.05) is 30.1 Å². The van der Waals surface area contributed by atoms with Crippen molar-refractivity contribution in [1.82, 2.24) is 4.31 Å². The highest BCUT2D eigenvalue weighted by atomic mass is 32.2. The van der Waals surface area contributed by atoms with Crippen LogP contribution in [0.4, 0.5) is 0 Å². The van der Waals surface area contributed by atoms with Crippen LogP contribution < -0.4 is 5.63 Å². The Kier molecular flexibility index (Phi) is 6.62. The lowest BCUT2D eigenvalue weighted by Crippen LogP contribution is -2.30. The molecule has 31 heavy (non-hydrogen) atoms. The first-order valence-electron chi connectivity index (χ1n) is 9.98. The Morgan fingerprint density at radius 2 is 1.74 bits per heavy atom. The molecule has 0 unspecified atom stereocenters. The zero-order valence-electron chi connectivity index (χ0n) is 18.0. The SMILES string of the molecule is CCN(CC)S(=O)(=O)c1ccc(C)c(C(=O)OCc2cc(=O)oc3cc(C)ccc23)c1. The van der Waals surface area contributed by atoms with E-state index in [1.807, 2.05) is 13.0 Å². The van der Waals surface area contributed by atoms with Gasteiger partial charge in [-0.05, 0) is 43.2 Å². The maximum Gasteiger partial charge on any atom is 0.338 e. The van der Waals surface area contributed by atoms with E-state index < -0.39 is 21.6 Å². The Hall–Kier alpha value is -2.97. The van der Waals surface area contributed by atoms with Gasteiger partial charge in [0.15, 0.2) is 0 Å². The molecule has 0 saturated heterocycles. The molecule has 2 aromatic carbocycles. The second kappa shape index (κ2) is 9.03. The van der Waals surface area contributed by atoms with E-state index in [2.05, 4.69) is 0 Å². The molecule has 0 fully saturated rings. The van der Waals surface area contributed by atoms with Crippen molar-refractivity contribution < 1.29 is 22.4 Å². The monoisotopic (exact) mass is 443 g/mol. The average Bonchev–Trinajstić information content (AvgIpc) is 2.72. The summed E-state index contributed by atoms with van der Waals surface area (Å²) in [5.41, 5.74) is 2.10. The molecule has 3 rings (SSSR count). The molecule has 0 N–H and O–H groups in total. The minimum atomic E-state index is -3.71. The van der Waals surface area contributed by atoms with Gasteiger partial charge in [-0.15, -0.1) is 0 Å². The fourth-order valence-electron chi connectivity index (χ4n) is 3.37. The molecule has 0 amide bonds. The first-order valence-corrected chi connectivity index (χ1v) is 11.4. The van der Waals surface area contributed by atoms with Gasteiger partial charge in [-0.3, -0.25) is 0 Å². The predicted octanol–water partition coefficient (Wildman–Crippen LogP) is 3.80. The fourth-order valence-corrected chi connectivity index (χ4v) is 4.86. The third-order valence-electron chi connectivity index (χ3n) is 5.12. The largest absolute Gasteiger partial charge is 0.457 e. The highest BCUT2D eigenvalue weighted by molar-refractivity contribution is 7.89. The number of sulfonamides is 1. The number of rotatable bonds is 7. The van der Waals surface area contributed by atoms with Crippen molar-refractivity contribution >= 4 is 27.0 Å². The van der Waals surface area contributed by atoms with Crippen molar-refractivity contribution in [3.8, 4) is 0 Å². The van der Waals surface area contributed by atoms with Crippen LogP contribution in [0.1, 0.15) is 40.9 Å². The predicted molar refractivity (Wildman–Crippen MR) is 118 cm³/mol. The molecule has 3 aromatic rings. The van der Waals surface area contributed by atoms with E-state index in [-0.39, 0.29) is 17.1 Å².